The van der Waals surface area contributed by atoms with Crippen molar-refractivity contribution in [3.8, 4) is 16.5 Å². The fourth-order valence-corrected chi connectivity index (χ4v) is 3.27. The topological polar surface area (TPSA) is 64.1 Å². The van der Waals surface area contributed by atoms with E-state index in [9.17, 15) is 4.79 Å². The maximum absolute atomic E-state index is 12.6. The number of hydrogen-bond donors (Lipinski definition) is 1. The van der Waals surface area contributed by atoms with Crippen molar-refractivity contribution in [2.75, 3.05) is 12.4 Å². The molecule has 0 saturated heterocycles. The van der Waals surface area contributed by atoms with Gasteiger partial charge in [0, 0.05) is 11.8 Å². The van der Waals surface area contributed by atoms with Crippen LogP contribution >= 0.6 is 11.3 Å². The van der Waals surface area contributed by atoms with Crippen molar-refractivity contribution in [3.05, 3.63) is 58.7 Å². The monoisotopic (exact) mass is 339 g/mol. The number of carbonyl (C=O) groups is 1. The molecule has 0 bridgehead atoms. The molecule has 0 spiro atoms. The van der Waals surface area contributed by atoms with Crippen LogP contribution in [0.2, 0.25) is 0 Å². The van der Waals surface area contributed by atoms with Crippen molar-refractivity contribution in [2.45, 2.75) is 13.8 Å². The summed E-state index contributed by atoms with van der Waals surface area (Å²) < 4.78 is 5.20. The predicted molar refractivity (Wildman–Crippen MR) is 95.8 cm³/mol. The van der Waals surface area contributed by atoms with Gasteiger partial charge in [0.15, 0.2) is 0 Å². The summed E-state index contributed by atoms with van der Waals surface area (Å²) in [6.45, 7) is 3.75. The number of amides is 1. The number of thiazole rings is 1. The van der Waals surface area contributed by atoms with Gasteiger partial charge >= 0.3 is 0 Å². The van der Waals surface area contributed by atoms with Gasteiger partial charge in [-0.2, -0.15) is 0 Å². The minimum absolute atomic E-state index is 0.210. The third kappa shape index (κ3) is 3.28. The number of ether oxygens (including phenoxy) is 1. The molecule has 0 fully saturated rings. The van der Waals surface area contributed by atoms with Gasteiger partial charge in [0.2, 0.25) is 5.88 Å². The lowest BCUT2D eigenvalue weighted by atomic mass is 10.2. The molecule has 0 aliphatic rings. The molecule has 24 heavy (non-hydrogen) atoms. The Morgan fingerprint density at radius 2 is 1.96 bits per heavy atom. The molecule has 0 saturated carbocycles. The molecule has 5 nitrogen and oxygen atoms in total. The highest BCUT2D eigenvalue weighted by Crippen LogP contribution is 2.29. The van der Waals surface area contributed by atoms with E-state index >= 15 is 0 Å². The van der Waals surface area contributed by atoms with Crippen molar-refractivity contribution < 1.29 is 9.53 Å². The molecule has 0 radical (unpaired) electrons. The Bertz CT molecular complexity index is 875. The van der Waals surface area contributed by atoms with Crippen LogP contribution in [0, 0.1) is 13.8 Å². The van der Waals surface area contributed by atoms with Gasteiger partial charge in [-0.3, -0.25) is 4.79 Å². The van der Waals surface area contributed by atoms with E-state index in [4.69, 9.17) is 4.74 Å². The predicted octanol–water partition coefficient (Wildman–Crippen LogP) is 4.08. The summed E-state index contributed by atoms with van der Waals surface area (Å²) in [4.78, 5) is 21.9. The van der Waals surface area contributed by atoms with Crippen LogP contribution in [0.3, 0.4) is 0 Å². The second-order valence-corrected chi connectivity index (χ2v) is 6.32. The fraction of sp³-hybridized carbons (Fsp3) is 0.167. The first-order chi connectivity index (χ1) is 11.6. The Labute approximate surface area is 144 Å². The highest BCUT2D eigenvalue weighted by atomic mass is 32.1. The van der Waals surface area contributed by atoms with E-state index in [1.807, 2.05) is 50.2 Å². The highest BCUT2D eigenvalue weighted by molar-refractivity contribution is 7.17. The number of aromatic nitrogens is 2. The number of methoxy groups -OCH3 is 1. The summed E-state index contributed by atoms with van der Waals surface area (Å²) in [6.07, 6.45) is 1.69. The van der Waals surface area contributed by atoms with Crippen molar-refractivity contribution >= 4 is 22.9 Å². The molecule has 6 heteroatoms. The SMILES string of the molecule is COc1ncc(C)cc1NC(=O)c1sc(-c2ccccc2)nc1C. The first-order valence-corrected chi connectivity index (χ1v) is 8.25. The second-order valence-electron chi connectivity index (χ2n) is 5.32. The number of hydrogen-bond acceptors (Lipinski definition) is 5. The molecular formula is C18H17N3O2S. The smallest absolute Gasteiger partial charge is 0.267 e. The summed E-state index contributed by atoms with van der Waals surface area (Å²) in [6, 6.07) is 11.7. The zero-order valence-electron chi connectivity index (χ0n) is 13.7. The van der Waals surface area contributed by atoms with Gasteiger partial charge in [-0.25, -0.2) is 9.97 Å². The zero-order valence-corrected chi connectivity index (χ0v) is 14.5. The molecule has 0 aliphatic carbocycles. The van der Waals surface area contributed by atoms with Crippen LogP contribution in [0.15, 0.2) is 42.6 Å². The lowest BCUT2D eigenvalue weighted by Crippen LogP contribution is -2.13. The Hall–Kier alpha value is -2.73. The number of anilines is 1. The third-order valence-corrected chi connectivity index (χ3v) is 4.66. The Morgan fingerprint density at radius 3 is 2.67 bits per heavy atom. The molecule has 1 N–H and O–H groups in total. The van der Waals surface area contributed by atoms with Gasteiger partial charge < -0.3 is 10.1 Å². The van der Waals surface area contributed by atoms with Gasteiger partial charge in [-0.1, -0.05) is 30.3 Å². The number of carbonyl (C=O) groups excluding carboxylic acids is 1. The zero-order chi connectivity index (χ0) is 17.1. The molecule has 2 aromatic heterocycles. The van der Waals surface area contributed by atoms with Crippen molar-refractivity contribution in [1.82, 2.24) is 9.97 Å². The number of aryl methyl sites for hydroxylation is 2. The van der Waals surface area contributed by atoms with Crippen LogP contribution in [-0.2, 0) is 0 Å². The number of pyridine rings is 1. The molecule has 3 rings (SSSR count). The number of nitrogens with zero attached hydrogens (tertiary/aromatic N) is 2. The van der Waals surface area contributed by atoms with Crippen LogP contribution in [0.1, 0.15) is 20.9 Å². The summed E-state index contributed by atoms with van der Waals surface area (Å²) in [5.41, 5.74) is 3.20. The lowest BCUT2D eigenvalue weighted by Gasteiger charge is -2.09. The first kappa shape index (κ1) is 16.1. The maximum atomic E-state index is 12.6. The van der Waals surface area contributed by atoms with E-state index in [2.05, 4.69) is 15.3 Å². The van der Waals surface area contributed by atoms with Gasteiger partial charge in [0.1, 0.15) is 15.6 Å². The Kier molecular flexibility index (Phi) is 4.57. The molecule has 1 aromatic carbocycles. The average molecular weight is 339 g/mol. The molecular weight excluding hydrogens is 322 g/mol. The quantitative estimate of drug-likeness (QED) is 0.778. The Morgan fingerprint density at radius 1 is 1.21 bits per heavy atom. The number of nitrogens with one attached hydrogen (secondary N) is 1. The largest absolute Gasteiger partial charge is 0.480 e. The first-order valence-electron chi connectivity index (χ1n) is 7.43. The van der Waals surface area contributed by atoms with Gasteiger partial charge in [-0.15, -0.1) is 11.3 Å². The molecule has 3 aromatic rings. The van der Waals surface area contributed by atoms with Gasteiger partial charge in [-0.05, 0) is 25.5 Å². The van der Waals surface area contributed by atoms with E-state index in [0.717, 1.165) is 16.1 Å². The van der Waals surface area contributed by atoms with Crippen LogP contribution < -0.4 is 10.1 Å². The summed E-state index contributed by atoms with van der Waals surface area (Å²) in [7, 11) is 1.53. The van der Waals surface area contributed by atoms with Gasteiger partial charge in [0.25, 0.3) is 5.91 Å². The van der Waals surface area contributed by atoms with Crippen molar-refractivity contribution in [3.63, 3.8) is 0 Å². The van der Waals surface area contributed by atoms with Gasteiger partial charge in [0.05, 0.1) is 12.8 Å². The minimum atomic E-state index is -0.210. The van der Waals surface area contributed by atoms with Crippen LogP contribution in [0.25, 0.3) is 10.6 Å². The minimum Gasteiger partial charge on any atom is -0.480 e. The maximum Gasteiger partial charge on any atom is 0.267 e. The molecule has 0 atom stereocenters. The number of rotatable bonds is 4. The van der Waals surface area contributed by atoms with E-state index in [1.54, 1.807) is 6.20 Å². The summed E-state index contributed by atoms with van der Waals surface area (Å²) in [5, 5.41) is 3.69. The summed E-state index contributed by atoms with van der Waals surface area (Å²) >= 11 is 1.37. The molecule has 0 unspecified atom stereocenters. The molecule has 2 heterocycles. The van der Waals surface area contributed by atoms with Crippen LogP contribution in [0.5, 0.6) is 5.88 Å². The molecule has 122 valence electrons. The second kappa shape index (κ2) is 6.80. The highest BCUT2D eigenvalue weighted by Gasteiger charge is 2.18. The van der Waals surface area contributed by atoms with Crippen LogP contribution in [0.4, 0.5) is 5.69 Å². The Balaban J connectivity index is 1.89. The summed E-state index contributed by atoms with van der Waals surface area (Å²) in [5.74, 6) is 0.178. The van der Waals surface area contributed by atoms with E-state index in [-0.39, 0.29) is 5.91 Å². The lowest BCUT2D eigenvalue weighted by molar-refractivity contribution is 0.102. The molecule has 0 aliphatic heterocycles. The van der Waals surface area contributed by atoms with Crippen LogP contribution in [-0.4, -0.2) is 23.0 Å². The average Bonchev–Trinajstić information content (AvgIpc) is 2.98. The van der Waals surface area contributed by atoms with E-state index < -0.39 is 0 Å². The third-order valence-electron chi connectivity index (χ3n) is 3.45. The fourth-order valence-electron chi connectivity index (χ4n) is 2.30. The van der Waals surface area contributed by atoms with Crippen molar-refractivity contribution in [1.29, 1.82) is 0 Å². The number of benzene rings is 1. The van der Waals surface area contributed by atoms with E-state index in [1.165, 1.54) is 18.4 Å². The van der Waals surface area contributed by atoms with E-state index in [0.29, 0.717) is 22.1 Å². The van der Waals surface area contributed by atoms with Crippen molar-refractivity contribution in [2.24, 2.45) is 0 Å². The standard InChI is InChI=1S/C18H17N3O2S/c1-11-9-14(17(23-3)19-10-11)21-16(22)15-12(2)20-18(24-15)13-7-5-4-6-8-13/h4-10H,1-3H3,(H,21,22). The normalized spacial score (nSPS) is 10.5. The molecule has 1 amide bonds.